The van der Waals surface area contributed by atoms with Crippen LogP contribution in [-0.4, -0.2) is 38.7 Å². The summed E-state index contributed by atoms with van der Waals surface area (Å²) in [5.41, 5.74) is 2.04. The molecule has 0 aliphatic rings. The van der Waals surface area contributed by atoms with Gasteiger partial charge in [-0.2, -0.15) is 0 Å². The number of carbonyl (C=O) groups is 1. The van der Waals surface area contributed by atoms with Crippen LogP contribution in [0.4, 0.5) is 10.6 Å². The zero-order chi connectivity index (χ0) is 19.6. The maximum Gasteiger partial charge on any atom is 0.320 e. The van der Waals surface area contributed by atoms with Gasteiger partial charge in [-0.15, -0.1) is 0 Å². The monoisotopic (exact) mass is 367 g/mol. The molecule has 3 aromatic rings. The Morgan fingerprint density at radius 1 is 1.15 bits per heavy atom. The van der Waals surface area contributed by atoms with E-state index in [4.69, 9.17) is 4.74 Å². The molecule has 0 saturated carbocycles. The van der Waals surface area contributed by atoms with Gasteiger partial charge in [0.15, 0.2) is 23.0 Å². The van der Waals surface area contributed by atoms with E-state index in [1.165, 1.54) is 13.3 Å². The third kappa shape index (κ3) is 4.41. The van der Waals surface area contributed by atoms with Crippen molar-refractivity contribution in [3.63, 3.8) is 0 Å². The average molecular weight is 367 g/mol. The number of methoxy groups -OCH3 is 1. The second-order valence-corrected chi connectivity index (χ2v) is 7.01. The molecule has 1 aromatic carbocycles. The van der Waals surface area contributed by atoms with Crippen LogP contribution in [0.5, 0.6) is 11.5 Å². The number of aromatic nitrogens is 3. The van der Waals surface area contributed by atoms with Crippen LogP contribution < -0.4 is 15.4 Å². The summed E-state index contributed by atoms with van der Waals surface area (Å²) in [6, 6.07) is 8.20. The smallest absolute Gasteiger partial charge is 0.320 e. The number of ether oxygens (including phenoxy) is 1. The lowest BCUT2D eigenvalue weighted by Crippen LogP contribution is -2.43. The Kier molecular flexibility index (Phi) is 4.81. The van der Waals surface area contributed by atoms with E-state index in [1.54, 1.807) is 24.3 Å². The fourth-order valence-electron chi connectivity index (χ4n) is 2.44. The van der Waals surface area contributed by atoms with Gasteiger partial charge in [0.05, 0.1) is 19.0 Å². The number of pyridine rings is 1. The molecule has 0 atom stereocenters. The Labute approximate surface area is 156 Å². The molecule has 140 valence electrons. The lowest BCUT2D eigenvalue weighted by molar-refractivity contribution is 0.243. The molecule has 0 radical (unpaired) electrons. The maximum atomic E-state index is 12.0. The van der Waals surface area contributed by atoms with Crippen molar-refractivity contribution in [3.05, 3.63) is 36.5 Å². The predicted molar refractivity (Wildman–Crippen MR) is 103 cm³/mol. The number of benzene rings is 1. The molecule has 2 aromatic heterocycles. The first-order valence-electron chi connectivity index (χ1n) is 8.35. The first kappa shape index (κ1) is 18.4. The number of phenols is 1. The van der Waals surface area contributed by atoms with E-state index in [-0.39, 0.29) is 17.3 Å². The van der Waals surface area contributed by atoms with Gasteiger partial charge in [-0.25, -0.2) is 19.7 Å². The van der Waals surface area contributed by atoms with Gasteiger partial charge >= 0.3 is 6.03 Å². The number of amides is 2. The van der Waals surface area contributed by atoms with Gasteiger partial charge < -0.3 is 15.2 Å². The Morgan fingerprint density at radius 2 is 1.93 bits per heavy atom. The Morgan fingerprint density at radius 3 is 2.63 bits per heavy atom. The van der Waals surface area contributed by atoms with Crippen LogP contribution in [0.3, 0.4) is 0 Å². The number of hydrogen-bond acceptors (Lipinski definition) is 6. The van der Waals surface area contributed by atoms with Crippen molar-refractivity contribution in [2.45, 2.75) is 26.3 Å². The van der Waals surface area contributed by atoms with Crippen molar-refractivity contribution >= 4 is 23.0 Å². The van der Waals surface area contributed by atoms with Crippen LogP contribution in [0.1, 0.15) is 20.8 Å². The number of urea groups is 1. The van der Waals surface area contributed by atoms with Gasteiger partial charge in [0.2, 0.25) is 0 Å². The minimum atomic E-state index is -0.365. The predicted octanol–water partition coefficient (Wildman–Crippen LogP) is 3.33. The van der Waals surface area contributed by atoms with E-state index < -0.39 is 0 Å². The van der Waals surface area contributed by atoms with Crippen LogP contribution in [0.2, 0.25) is 0 Å². The Balaban J connectivity index is 1.91. The number of phenolic OH excluding ortho intramolecular Hbond substituents is 1. The number of rotatable bonds is 3. The molecular formula is C19H21N5O3. The fraction of sp³-hybridized carbons (Fsp3) is 0.263. The van der Waals surface area contributed by atoms with Gasteiger partial charge in [0, 0.05) is 11.1 Å². The molecule has 0 bridgehead atoms. The topological polar surface area (TPSA) is 109 Å². The van der Waals surface area contributed by atoms with E-state index in [0.29, 0.717) is 28.4 Å². The number of nitrogens with zero attached hydrogens (tertiary/aromatic N) is 3. The van der Waals surface area contributed by atoms with Crippen LogP contribution >= 0.6 is 0 Å². The highest BCUT2D eigenvalue weighted by molar-refractivity contribution is 5.89. The quantitative estimate of drug-likeness (QED) is 0.655. The molecule has 8 heteroatoms. The second kappa shape index (κ2) is 7.06. The molecule has 3 rings (SSSR count). The molecule has 0 aliphatic heterocycles. The number of hydrogen-bond donors (Lipinski definition) is 3. The number of carbonyl (C=O) groups excluding carboxylic acids is 1. The lowest BCUT2D eigenvalue weighted by Gasteiger charge is -2.20. The largest absolute Gasteiger partial charge is 0.504 e. The highest BCUT2D eigenvalue weighted by atomic mass is 16.5. The normalized spacial score (nSPS) is 11.3. The van der Waals surface area contributed by atoms with E-state index in [0.717, 1.165) is 5.56 Å². The summed E-state index contributed by atoms with van der Waals surface area (Å²) in [6.45, 7) is 5.66. The van der Waals surface area contributed by atoms with Crippen LogP contribution in [0, 0.1) is 0 Å². The molecule has 0 saturated heterocycles. The van der Waals surface area contributed by atoms with Gasteiger partial charge in [-0.1, -0.05) is 0 Å². The van der Waals surface area contributed by atoms with Crippen LogP contribution in [0.15, 0.2) is 36.5 Å². The molecule has 2 amide bonds. The van der Waals surface area contributed by atoms with Gasteiger partial charge in [0.1, 0.15) is 5.52 Å². The number of nitrogens with one attached hydrogen (secondary N) is 2. The molecule has 0 unspecified atom stereocenters. The van der Waals surface area contributed by atoms with Gasteiger partial charge in [0.25, 0.3) is 0 Å². The Bertz CT molecular complexity index is 998. The minimum Gasteiger partial charge on any atom is -0.504 e. The van der Waals surface area contributed by atoms with Crippen molar-refractivity contribution in [3.8, 4) is 22.8 Å². The second-order valence-electron chi connectivity index (χ2n) is 7.01. The molecular weight excluding hydrogens is 346 g/mol. The summed E-state index contributed by atoms with van der Waals surface area (Å²) in [4.78, 5) is 25.2. The maximum absolute atomic E-state index is 12.0. The molecule has 0 fully saturated rings. The molecule has 27 heavy (non-hydrogen) atoms. The van der Waals surface area contributed by atoms with E-state index in [1.807, 2.05) is 26.8 Å². The van der Waals surface area contributed by atoms with Crippen molar-refractivity contribution in [1.29, 1.82) is 0 Å². The molecule has 8 nitrogen and oxygen atoms in total. The average Bonchev–Trinajstić information content (AvgIpc) is 2.60. The molecule has 0 aliphatic carbocycles. The van der Waals surface area contributed by atoms with Crippen molar-refractivity contribution < 1.29 is 14.6 Å². The zero-order valence-corrected chi connectivity index (χ0v) is 15.6. The van der Waals surface area contributed by atoms with Gasteiger partial charge in [-0.3, -0.25) is 5.32 Å². The lowest BCUT2D eigenvalue weighted by atomic mass is 10.1. The summed E-state index contributed by atoms with van der Waals surface area (Å²) < 4.78 is 5.14. The van der Waals surface area contributed by atoms with Crippen LogP contribution in [-0.2, 0) is 0 Å². The third-order valence-corrected chi connectivity index (χ3v) is 3.61. The van der Waals surface area contributed by atoms with Crippen molar-refractivity contribution in [2.75, 3.05) is 12.4 Å². The fourth-order valence-corrected chi connectivity index (χ4v) is 2.44. The minimum absolute atomic E-state index is 0.0539. The number of anilines is 1. The standard InChI is InChI=1S/C19H21N5O3/c1-19(2,3)24-18(26)23-16-10-20-13-7-6-12(21-17(13)22-16)11-5-8-14(25)15(9-11)27-4/h5-10,25H,1-4H3,(H2,21,22,23,24,26). The first-order valence-corrected chi connectivity index (χ1v) is 8.35. The highest BCUT2D eigenvalue weighted by Gasteiger charge is 2.14. The molecule has 3 N–H and O–H groups in total. The van der Waals surface area contributed by atoms with Gasteiger partial charge in [-0.05, 0) is 51.1 Å². The summed E-state index contributed by atoms with van der Waals surface area (Å²) in [5.74, 6) is 0.713. The third-order valence-electron chi connectivity index (χ3n) is 3.61. The molecule has 0 spiro atoms. The molecule has 2 heterocycles. The first-order chi connectivity index (χ1) is 12.7. The number of fused-ring (bicyclic) bond motifs is 1. The van der Waals surface area contributed by atoms with E-state index in [2.05, 4.69) is 25.6 Å². The SMILES string of the molecule is COc1cc(-c2ccc3ncc(NC(=O)NC(C)(C)C)nc3n2)ccc1O. The summed E-state index contributed by atoms with van der Waals surface area (Å²) in [6.07, 6.45) is 1.48. The summed E-state index contributed by atoms with van der Waals surface area (Å²) in [7, 11) is 1.48. The summed E-state index contributed by atoms with van der Waals surface area (Å²) >= 11 is 0. The zero-order valence-electron chi connectivity index (χ0n) is 15.6. The Hall–Kier alpha value is -3.42. The van der Waals surface area contributed by atoms with Crippen LogP contribution in [0.25, 0.3) is 22.4 Å². The van der Waals surface area contributed by atoms with Crippen molar-refractivity contribution in [1.82, 2.24) is 20.3 Å². The van der Waals surface area contributed by atoms with Crippen molar-refractivity contribution in [2.24, 2.45) is 0 Å². The summed E-state index contributed by atoms with van der Waals surface area (Å²) in [5, 5.41) is 15.2. The van der Waals surface area contributed by atoms with E-state index >= 15 is 0 Å². The van der Waals surface area contributed by atoms with E-state index in [9.17, 15) is 9.90 Å². The number of aromatic hydroxyl groups is 1. The highest BCUT2D eigenvalue weighted by Crippen LogP contribution is 2.31.